The van der Waals surface area contributed by atoms with Gasteiger partial charge in [-0.2, -0.15) is 0 Å². The van der Waals surface area contributed by atoms with Gasteiger partial charge in [0.05, 0.1) is 30.0 Å². The minimum Gasteiger partial charge on any atom is -0.379 e. The molecule has 2 fully saturated rings. The number of nitrogens with zero attached hydrogens (tertiary/aromatic N) is 2. The van der Waals surface area contributed by atoms with Crippen LogP contribution in [-0.4, -0.2) is 66.9 Å². The summed E-state index contributed by atoms with van der Waals surface area (Å²) < 4.78 is 11.3. The van der Waals surface area contributed by atoms with Crippen LogP contribution in [-0.2, 0) is 15.9 Å². The number of thiazole rings is 1. The van der Waals surface area contributed by atoms with Gasteiger partial charge in [0.2, 0.25) is 0 Å². The molecule has 6 nitrogen and oxygen atoms in total. The molecule has 1 aliphatic carbocycles. The molecule has 0 atom stereocenters. The molecule has 1 N–H and O–H groups in total. The Kier molecular flexibility index (Phi) is 6.89. The first-order valence-electron chi connectivity index (χ1n) is 10.1. The molecule has 1 aliphatic heterocycles. The molecule has 3 rings (SSSR count). The minimum absolute atomic E-state index is 0.00276. The SMILES string of the molecule is CCOC1CC(CNC(=O)c2sc(C)nc2CC(C)C)(N2CCOCC2)C1. The number of ether oxygens (including phenoxy) is 2. The highest BCUT2D eigenvalue weighted by Crippen LogP contribution is 2.40. The Morgan fingerprint density at radius 2 is 2.11 bits per heavy atom. The maximum absolute atomic E-state index is 12.9. The number of hydrogen-bond donors (Lipinski definition) is 1. The van der Waals surface area contributed by atoms with Crippen molar-refractivity contribution >= 4 is 17.2 Å². The molecule has 7 heteroatoms. The molecule has 1 saturated carbocycles. The fraction of sp³-hybridized carbons (Fsp3) is 0.800. The van der Waals surface area contributed by atoms with Gasteiger partial charge in [-0.15, -0.1) is 11.3 Å². The standard InChI is InChI=1S/C20H33N3O3S/c1-5-26-16-11-20(12-16,23-6-8-25-9-7-23)13-21-19(24)18-17(10-14(2)3)22-15(4)27-18/h14,16H,5-13H2,1-4H3,(H,21,24). The fourth-order valence-corrected chi connectivity index (χ4v) is 5.05. The van der Waals surface area contributed by atoms with Crippen LogP contribution in [0.25, 0.3) is 0 Å². The van der Waals surface area contributed by atoms with Gasteiger partial charge in [0.1, 0.15) is 4.88 Å². The van der Waals surface area contributed by atoms with E-state index >= 15 is 0 Å². The van der Waals surface area contributed by atoms with Gasteiger partial charge < -0.3 is 14.8 Å². The zero-order valence-electron chi connectivity index (χ0n) is 17.0. The van der Waals surface area contributed by atoms with Crippen molar-refractivity contribution in [1.29, 1.82) is 0 Å². The summed E-state index contributed by atoms with van der Waals surface area (Å²) in [7, 11) is 0. The van der Waals surface area contributed by atoms with E-state index in [9.17, 15) is 4.79 Å². The maximum atomic E-state index is 12.9. The Hall–Kier alpha value is -1.02. The van der Waals surface area contributed by atoms with Crippen molar-refractivity contribution in [3.05, 3.63) is 15.6 Å². The summed E-state index contributed by atoms with van der Waals surface area (Å²) in [5.74, 6) is 0.500. The highest BCUT2D eigenvalue weighted by Gasteiger charge is 2.49. The highest BCUT2D eigenvalue weighted by atomic mass is 32.1. The average molecular weight is 396 g/mol. The number of nitrogens with one attached hydrogen (secondary N) is 1. The maximum Gasteiger partial charge on any atom is 0.263 e. The van der Waals surface area contributed by atoms with Crippen molar-refractivity contribution in [1.82, 2.24) is 15.2 Å². The van der Waals surface area contributed by atoms with Crippen molar-refractivity contribution in [3.8, 4) is 0 Å². The van der Waals surface area contributed by atoms with Gasteiger partial charge in [-0.25, -0.2) is 4.98 Å². The predicted molar refractivity (Wildman–Crippen MR) is 107 cm³/mol. The molecule has 0 radical (unpaired) electrons. The second-order valence-corrected chi connectivity index (χ2v) is 9.30. The van der Waals surface area contributed by atoms with Crippen LogP contribution < -0.4 is 5.32 Å². The van der Waals surface area contributed by atoms with Gasteiger partial charge >= 0.3 is 0 Å². The number of rotatable bonds is 8. The number of carbonyl (C=O) groups excluding carboxylic acids is 1. The molecule has 2 heterocycles. The third-order valence-electron chi connectivity index (χ3n) is 5.49. The van der Waals surface area contributed by atoms with Crippen LogP contribution >= 0.6 is 11.3 Å². The summed E-state index contributed by atoms with van der Waals surface area (Å²) in [4.78, 5) is 20.8. The Labute approximate surface area is 166 Å². The lowest BCUT2D eigenvalue weighted by molar-refractivity contribution is -0.124. The Balaban J connectivity index is 1.66. The summed E-state index contributed by atoms with van der Waals surface area (Å²) in [5, 5.41) is 4.18. The van der Waals surface area contributed by atoms with Crippen molar-refractivity contribution in [3.63, 3.8) is 0 Å². The number of carbonyl (C=O) groups is 1. The zero-order chi connectivity index (χ0) is 19.4. The van der Waals surface area contributed by atoms with Crippen LogP contribution in [0.4, 0.5) is 0 Å². The number of aryl methyl sites for hydroxylation is 1. The first kappa shape index (κ1) is 20.7. The van der Waals surface area contributed by atoms with Crippen molar-refractivity contribution in [2.45, 2.75) is 58.6 Å². The summed E-state index contributed by atoms with van der Waals surface area (Å²) in [6.07, 6.45) is 3.09. The summed E-state index contributed by atoms with van der Waals surface area (Å²) in [6.45, 7) is 13.1. The molecular weight excluding hydrogens is 362 g/mol. The van der Waals surface area contributed by atoms with E-state index in [1.807, 2.05) is 13.8 Å². The topological polar surface area (TPSA) is 63.7 Å². The van der Waals surface area contributed by atoms with E-state index in [0.717, 1.165) is 67.8 Å². The van der Waals surface area contributed by atoms with Crippen LogP contribution in [0.1, 0.15) is 54.0 Å². The molecule has 0 aromatic carbocycles. The first-order chi connectivity index (χ1) is 12.9. The molecule has 1 saturated heterocycles. The number of morpholine rings is 1. The van der Waals surface area contributed by atoms with E-state index in [0.29, 0.717) is 18.6 Å². The molecule has 1 aromatic rings. The Bertz CT molecular complexity index is 634. The molecule has 2 aliphatic rings. The normalized spacial score (nSPS) is 26.2. The van der Waals surface area contributed by atoms with Crippen LogP contribution in [0.5, 0.6) is 0 Å². The zero-order valence-corrected chi connectivity index (χ0v) is 17.9. The molecule has 0 spiro atoms. The van der Waals surface area contributed by atoms with Crippen molar-refractivity contribution < 1.29 is 14.3 Å². The molecule has 0 bridgehead atoms. The summed E-state index contributed by atoms with van der Waals surface area (Å²) >= 11 is 1.50. The van der Waals surface area contributed by atoms with Gasteiger partial charge in [0.15, 0.2) is 0 Å². The lowest BCUT2D eigenvalue weighted by Gasteiger charge is -2.55. The third kappa shape index (κ3) is 4.88. The number of aromatic nitrogens is 1. The molecule has 1 amide bonds. The van der Waals surface area contributed by atoms with E-state index < -0.39 is 0 Å². The fourth-order valence-electron chi connectivity index (χ4n) is 4.19. The van der Waals surface area contributed by atoms with Gasteiger partial charge in [-0.1, -0.05) is 13.8 Å². The van der Waals surface area contributed by atoms with Crippen LogP contribution in [0.3, 0.4) is 0 Å². The summed E-state index contributed by atoms with van der Waals surface area (Å²) in [5.41, 5.74) is 0.934. The summed E-state index contributed by atoms with van der Waals surface area (Å²) in [6, 6.07) is 0. The van der Waals surface area contributed by atoms with Gasteiger partial charge in [0, 0.05) is 31.8 Å². The Morgan fingerprint density at radius 1 is 1.41 bits per heavy atom. The quantitative estimate of drug-likeness (QED) is 0.733. The highest BCUT2D eigenvalue weighted by molar-refractivity contribution is 7.13. The van der Waals surface area contributed by atoms with Gasteiger partial charge in [-0.3, -0.25) is 9.69 Å². The van der Waals surface area contributed by atoms with Crippen LogP contribution in [0.15, 0.2) is 0 Å². The number of amides is 1. The van der Waals surface area contributed by atoms with E-state index in [4.69, 9.17) is 9.47 Å². The van der Waals surface area contributed by atoms with Crippen LogP contribution in [0.2, 0.25) is 0 Å². The Morgan fingerprint density at radius 3 is 2.74 bits per heavy atom. The van der Waals surface area contributed by atoms with E-state index in [1.165, 1.54) is 11.3 Å². The average Bonchev–Trinajstić information content (AvgIpc) is 2.97. The second-order valence-electron chi connectivity index (χ2n) is 8.10. The molecule has 27 heavy (non-hydrogen) atoms. The number of hydrogen-bond acceptors (Lipinski definition) is 6. The lowest BCUT2D eigenvalue weighted by Crippen LogP contribution is -2.67. The van der Waals surface area contributed by atoms with Crippen molar-refractivity contribution in [2.75, 3.05) is 39.5 Å². The minimum atomic E-state index is -0.00276. The van der Waals surface area contributed by atoms with Gasteiger partial charge in [0.25, 0.3) is 5.91 Å². The molecular formula is C20H33N3O3S. The predicted octanol–water partition coefficient (Wildman–Crippen LogP) is 2.65. The lowest BCUT2D eigenvalue weighted by atomic mass is 9.72. The largest absolute Gasteiger partial charge is 0.379 e. The first-order valence-corrected chi connectivity index (χ1v) is 10.9. The molecule has 152 valence electrons. The third-order valence-corrected chi connectivity index (χ3v) is 6.50. The van der Waals surface area contributed by atoms with E-state index in [2.05, 4.69) is 29.0 Å². The second kappa shape index (κ2) is 8.99. The smallest absolute Gasteiger partial charge is 0.263 e. The monoisotopic (exact) mass is 395 g/mol. The molecule has 0 unspecified atom stereocenters. The van der Waals surface area contributed by atoms with Crippen LogP contribution in [0, 0.1) is 12.8 Å². The van der Waals surface area contributed by atoms with Gasteiger partial charge in [-0.05, 0) is 39.0 Å². The van der Waals surface area contributed by atoms with E-state index in [-0.39, 0.29) is 11.4 Å². The van der Waals surface area contributed by atoms with Crippen molar-refractivity contribution in [2.24, 2.45) is 5.92 Å². The van der Waals surface area contributed by atoms with E-state index in [1.54, 1.807) is 0 Å². The molecule has 1 aromatic heterocycles.